The van der Waals surface area contributed by atoms with E-state index < -0.39 is 0 Å². The molecule has 0 saturated carbocycles. The predicted octanol–water partition coefficient (Wildman–Crippen LogP) is 2.68. The van der Waals surface area contributed by atoms with Gasteiger partial charge in [0.2, 0.25) is 5.13 Å². The Bertz CT molecular complexity index is 975. The molecule has 3 aromatic heterocycles. The lowest BCUT2D eigenvalue weighted by Gasteiger charge is -2.36. The van der Waals surface area contributed by atoms with Crippen LogP contribution in [0.25, 0.3) is 0 Å². The summed E-state index contributed by atoms with van der Waals surface area (Å²) in [7, 11) is 1.98. The van der Waals surface area contributed by atoms with E-state index in [2.05, 4.69) is 59.1 Å². The maximum absolute atomic E-state index is 4.88. The van der Waals surface area contributed by atoms with Crippen molar-refractivity contribution in [3.05, 3.63) is 39.9 Å². The molecule has 0 bridgehead atoms. The third kappa shape index (κ3) is 5.92. The molecule has 0 unspecified atom stereocenters. The standard InChI is InChI=1S/C19H27N9S2.HI/c1-4-16-22-19(30-25-16)28-9-7-27(8-10-28)18(20-12-15-6-5-11-29-15)21-13-17-24-23-14(2)26(17)3;/h5-6,11H,4,7-10,12-13H2,1-3H3,(H,20,21);1H. The first-order valence-corrected chi connectivity index (χ1v) is 11.8. The largest absolute Gasteiger partial charge is 0.351 e. The molecule has 1 saturated heterocycles. The van der Waals surface area contributed by atoms with Crippen molar-refractivity contribution in [1.29, 1.82) is 0 Å². The highest BCUT2D eigenvalue weighted by Crippen LogP contribution is 2.19. The van der Waals surface area contributed by atoms with Crippen LogP contribution in [0, 0.1) is 6.92 Å². The Hall–Kier alpha value is -1.80. The van der Waals surface area contributed by atoms with E-state index >= 15 is 0 Å². The number of aryl methyl sites for hydroxylation is 2. The molecule has 31 heavy (non-hydrogen) atoms. The number of thiophene rings is 1. The van der Waals surface area contributed by atoms with Crippen LogP contribution >= 0.6 is 46.8 Å². The first-order chi connectivity index (χ1) is 14.6. The summed E-state index contributed by atoms with van der Waals surface area (Å²) in [6.07, 6.45) is 0.876. The van der Waals surface area contributed by atoms with Gasteiger partial charge in [-0.15, -0.1) is 45.5 Å². The Morgan fingerprint density at radius 2 is 2.03 bits per heavy atom. The fraction of sp³-hybridized carbons (Fsp3) is 0.526. The van der Waals surface area contributed by atoms with Gasteiger partial charge in [-0.25, -0.2) is 9.98 Å². The van der Waals surface area contributed by atoms with Gasteiger partial charge in [-0.1, -0.05) is 13.0 Å². The van der Waals surface area contributed by atoms with Crippen molar-refractivity contribution in [3.63, 3.8) is 0 Å². The molecule has 0 spiro atoms. The van der Waals surface area contributed by atoms with Gasteiger partial charge in [-0.05, 0) is 18.4 Å². The van der Waals surface area contributed by atoms with Gasteiger partial charge in [-0.2, -0.15) is 4.37 Å². The molecule has 1 fully saturated rings. The number of hydrogen-bond donors (Lipinski definition) is 1. The van der Waals surface area contributed by atoms with E-state index in [4.69, 9.17) is 4.99 Å². The number of piperazine rings is 1. The van der Waals surface area contributed by atoms with Gasteiger partial charge in [0.1, 0.15) is 18.2 Å². The summed E-state index contributed by atoms with van der Waals surface area (Å²) in [6.45, 7) is 8.88. The molecule has 0 aromatic carbocycles. The molecular weight excluding hydrogens is 545 g/mol. The Morgan fingerprint density at radius 3 is 2.65 bits per heavy atom. The second-order valence-corrected chi connectivity index (χ2v) is 8.88. The average Bonchev–Trinajstić information content (AvgIpc) is 3.52. The molecule has 0 aliphatic carbocycles. The summed E-state index contributed by atoms with van der Waals surface area (Å²) in [6, 6.07) is 4.21. The molecule has 1 aliphatic heterocycles. The summed E-state index contributed by atoms with van der Waals surface area (Å²) < 4.78 is 6.41. The first-order valence-electron chi connectivity index (χ1n) is 10.1. The number of nitrogens with zero attached hydrogens (tertiary/aromatic N) is 8. The van der Waals surface area contributed by atoms with E-state index in [9.17, 15) is 0 Å². The van der Waals surface area contributed by atoms with E-state index in [1.165, 1.54) is 16.4 Å². The minimum Gasteiger partial charge on any atom is -0.351 e. The smallest absolute Gasteiger partial charge is 0.205 e. The second kappa shape index (κ2) is 11.2. The number of hydrogen-bond acceptors (Lipinski definition) is 8. The zero-order chi connectivity index (χ0) is 20.9. The maximum Gasteiger partial charge on any atom is 0.205 e. The fourth-order valence-corrected chi connectivity index (χ4v) is 4.65. The number of rotatable bonds is 6. The van der Waals surface area contributed by atoms with Gasteiger partial charge >= 0.3 is 0 Å². The third-order valence-corrected chi connectivity index (χ3v) is 6.87. The van der Waals surface area contributed by atoms with Gasteiger partial charge < -0.3 is 19.7 Å². The average molecular weight is 574 g/mol. The zero-order valence-electron chi connectivity index (χ0n) is 18.0. The third-order valence-electron chi connectivity index (χ3n) is 5.18. The first kappa shape index (κ1) is 23.9. The predicted molar refractivity (Wildman–Crippen MR) is 137 cm³/mol. The minimum atomic E-state index is 0. The summed E-state index contributed by atoms with van der Waals surface area (Å²) >= 11 is 3.24. The van der Waals surface area contributed by atoms with Crippen LogP contribution < -0.4 is 10.2 Å². The summed E-state index contributed by atoms with van der Waals surface area (Å²) in [4.78, 5) is 15.4. The molecule has 1 aliphatic rings. The van der Waals surface area contributed by atoms with Crippen LogP contribution in [0.15, 0.2) is 22.5 Å². The maximum atomic E-state index is 4.88. The molecule has 4 heterocycles. The molecule has 4 rings (SSSR count). The molecule has 3 aromatic rings. The molecule has 0 amide bonds. The highest BCUT2D eigenvalue weighted by Gasteiger charge is 2.22. The van der Waals surface area contributed by atoms with Crippen molar-refractivity contribution in [2.75, 3.05) is 31.1 Å². The number of halogens is 1. The quantitative estimate of drug-likeness (QED) is 0.276. The van der Waals surface area contributed by atoms with E-state index in [1.807, 2.05) is 18.5 Å². The number of aliphatic imine (C=N–C) groups is 1. The zero-order valence-corrected chi connectivity index (χ0v) is 21.9. The second-order valence-electron chi connectivity index (χ2n) is 7.12. The van der Waals surface area contributed by atoms with Crippen molar-refractivity contribution in [2.24, 2.45) is 12.0 Å². The normalized spacial score (nSPS) is 14.6. The topological polar surface area (TPSA) is 87.4 Å². The lowest BCUT2D eigenvalue weighted by atomic mass is 10.3. The Morgan fingerprint density at radius 1 is 1.23 bits per heavy atom. The lowest BCUT2D eigenvalue weighted by molar-refractivity contribution is 0.371. The molecule has 0 radical (unpaired) electrons. The van der Waals surface area contributed by atoms with Crippen LogP contribution in [0.3, 0.4) is 0 Å². The molecule has 9 nitrogen and oxygen atoms in total. The SMILES string of the molecule is CCc1nsc(N2CCN(C(=NCc3nnc(C)n3C)NCc3cccs3)CC2)n1.I. The summed E-state index contributed by atoms with van der Waals surface area (Å²) in [5.74, 6) is 3.60. The number of guanidine groups is 1. The molecule has 168 valence electrons. The van der Waals surface area contributed by atoms with Crippen molar-refractivity contribution >= 4 is 57.9 Å². The van der Waals surface area contributed by atoms with Crippen molar-refractivity contribution in [3.8, 4) is 0 Å². The van der Waals surface area contributed by atoms with Gasteiger partial charge in [-0.3, -0.25) is 0 Å². The molecule has 1 N–H and O–H groups in total. The van der Waals surface area contributed by atoms with Crippen LogP contribution in [-0.4, -0.2) is 61.2 Å². The van der Waals surface area contributed by atoms with Crippen molar-refractivity contribution in [2.45, 2.75) is 33.4 Å². The Kier molecular flexibility index (Phi) is 8.60. The minimum absolute atomic E-state index is 0. The van der Waals surface area contributed by atoms with Gasteiger partial charge in [0.25, 0.3) is 0 Å². The molecular formula is C19H28IN9S2. The summed E-state index contributed by atoms with van der Waals surface area (Å²) in [5.41, 5.74) is 0. The van der Waals surface area contributed by atoms with Crippen LogP contribution in [-0.2, 0) is 26.6 Å². The number of nitrogens with one attached hydrogen (secondary N) is 1. The van der Waals surface area contributed by atoms with Crippen molar-refractivity contribution < 1.29 is 0 Å². The lowest BCUT2D eigenvalue weighted by Crippen LogP contribution is -2.52. The van der Waals surface area contributed by atoms with E-state index in [0.29, 0.717) is 6.54 Å². The number of anilines is 1. The monoisotopic (exact) mass is 573 g/mol. The van der Waals surface area contributed by atoms with E-state index in [1.54, 1.807) is 11.3 Å². The highest BCUT2D eigenvalue weighted by atomic mass is 127. The van der Waals surface area contributed by atoms with E-state index in [0.717, 1.165) is 67.7 Å². The summed E-state index contributed by atoms with van der Waals surface area (Å²) in [5, 5.41) is 15.0. The van der Waals surface area contributed by atoms with Crippen molar-refractivity contribution in [1.82, 2.24) is 34.3 Å². The van der Waals surface area contributed by atoms with Crippen LogP contribution in [0.2, 0.25) is 0 Å². The van der Waals surface area contributed by atoms with Crippen LogP contribution in [0.5, 0.6) is 0 Å². The Labute approximate surface area is 207 Å². The van der Waals surface area contributed by atoms with Gasteiger partial charge in [0.15, 0.2) is 11.8 Å². The number of aromatic nitrogens is 5. The van der Waals surface area contributed by atoms with E-state index in [-0.39, 0.29) is 24.0 Å². The van der Waals surface area contributed by atoms with Gasteiger partial charge in [0, 0.05) is 56.1 Å². The molecule has 0 atom stereocenters. The molecule has 12 heteroatoms. The Balaban J connectivity index is 0.00000272. The van der Waals surface area contributed by atoms with Gasteiger partial charge in [0.05, 0.1) is 6.54 Å². The highest BCUT2D eigenvalue weighted by molar-refractivity contribution is 14.0. The van der Waals surface area contributed by atoms with Crippen LogP contribution in [0.4, 0.5) is 5.13 Å². The fourth-order valence-electron chi connectivity index (χ4n) is 3.21. The van der Waals surface area contributed by atoms with Crippen LogP contribution in [0.1, 0.15) is 29.3 Å².